The maximum absolute atomic E-state index is 13.1. The largest absolute Gasteiger partial charge is 0.368 e. The molecule has 1 aromatic carbocycles. The van der Waals surface area contributed by atoms with E-state index in [0.29, 0.717) is 18.4 Å². The van der Waals surface area contributed by atoms with Crippen molar-refractivity contribution in [2.75, 3.05) is 0 Å². The van der Waals surface area contributed by atoms with Gasteiger partial charge >= 0.3 is 0 Å². The summed E-state index contributed by atoms with van der Waals surface area (Å²) in [4.78, 5) is 10.6. The molecule has 1 amide bonds. The fraction of sp³-hybridized carbons (Fsp3) is 0.300. The molecule has 0 aliphatic rings. The van der Waals surface area contributed by atoms with Crippen molar-refractivity contribution in [2.45, 2.75) is 18.9 Å². The smallest absolute Gasteiger partial charge is 0.234 e. The summed E-state index contributed by atoms with van der Waals surface area (Å²) in [5.41, 5.74) is 11.0. The molecule has 14 heavy (non-hydrogen) atoms. The molecule has 4 N–H and O–H groups in total. The van der Waals surface area contributed by atoms with Crippen molar-refractivity contribution in [3.05, 3.63) is 35.6 Å². The second-order valence-electron chi connectivity index (χ2n) is 3.14. The third-order valence-electron chi connectivity index (χ3n) is 2.05. The number of aryl methyl sites for hydroxylation is 1. The van der Waals surface area contributed by atoms with E-state index in [1.165, 1.54) is 6.07 Å². The highest BCUT2D eigenvalue weighted by atomic mass is 19.1. The van der Waals surface area contributed by atoms with E-state index >= 15 is 0 Å². The minimum atomic E-state index is -0.699. The molecule has 1 unspecified atom stereocenters. The van der Waals surface area contributed by atoms with Crippen LogP contribution in [-0.4, -0.2) is 11.9 Å². The summed E-state index contributed by atoms with van der Waals surface area (Å²) < 4.78 is 13.1. The molecule has 76 valence electrons. The molecule has 1 atom stereocenters. The zero-order valence-corrected chi connectivity index (χ0v) is 7.74. The molecule has 0 fully saturated rings. The van der Waals surface area contributed by atoms with Crippen molar-refractivity contribution >= 4 is 5.91 Å². The maximum Gasteiger partial charge on any atom is 0.234 e. The number of rotatable bonds is 4. The van der Waals surface area contributed by atoms with Crippen LogP contribution in [0.4, 0.5) is 4.39 Å². The van der Waals surface area contributed by atoms with Crippen LogP contribution in [-0.2, 0) is 11.2 Å². The number of benzene rings is 1. The fourth-order valence-electron chi connectivity index (χ4n) is 1.15. The number of carbonyl (C=O) groups is 1. The lowest BCUT2D eigenvalue weighted by Gasteiger charge is -2.07. The van der Waals surface area contributed by atoms with Crippen LogP contribution < -0.4 is 11.5 Å². The monoisotopic (exact) mass is 196 g/mol. The Labute approximate surface area is 81.9 Å². The minimum Gasteiger partial charge on any atom is -0.368 e. The predicted molar refractivity (Wildman–Crippen MR) is 51.9 cm³/mol. The Morgan fingerprint density at radius 1 is 1.43 bits per heavy atom. The van der Waals surface area contributed by atoms with Crippen LogP contribution >= 0.6 is 0 Å². The van der Waals surface area contributed by atoms with Gasteiger partial charge in [0.05, 0.1) is 6.04 Å². The molecule has 0 bridgehead atoms. The summed E-state index contributed by atoms with van der Waals surface area (Å²) in [5, 5.41) is 0. The van der Waals surface area contributed by atoms with E-state index < -0.39 is 11.9 Å². The lowest BCUT2D eigenvalue weighted by molar-refractivity contribution is -0.119. The first-order chi connectivity index (χ1) is 6.61. The lowest BCUT2D eigenvalue weighted by atomic mass is 10.1. The van der Waals surface area contributed by atoms with Crippen LogP contribution in [0.1, 0.15) is 12.0 Å². The van der Waals surface area contributed by atoms with E-state index in [1.807, 2.05) is 0 Å². The average Bonchev–Trinajstić information content (AvgIpc) is 2.16. The summed E-state index contributed by atoms with van der Waals surface area (Å²) in [6, 6.07) is 5.71. The van der Waals surface area contributed by atoms with Crippen molar-refractivity contribution in [3.63, 3.8) is 0 Å². The number of hydrogen-bond acceptors (Lipinski definition) is 2. The van der Waals surface area contributed by atoms with E-state index in [4.69, 9.17) is 11.5 Å². The summed E-state index contributed by atoms with van der Waals surface area (Å²) >= 11 is 0. The van der Waals surface area contributed by atoms with Crippen LogP contribution in [0, 0.1) is 5.82 Å². The Morgan fingerprint density at radius 3 is 2.64 bits per heavy atom. The Hall–Kier alpha value is -1.42. The standard InChI is InChI=1S/C10H13FN2O/c11-8-4-2-1-3-7(8)5-6-9(12)10(13)14/h1-4,9H,5-6,12H2,(H2,13,14). The number of halogens is 1. The van der Waals surface area contributed by atoms with E-state index in [0.717, 1.165) is 0 Å². The predicted octanol–water partition coefficient (Wildman–Crippen LogP) is 0.571. The normalized spacial score (nSPS) is 12.4. The van der Waals surface area contributed by atoms with Gasteiger partial charge in [-0.25, -0.2) is 4.39 Å². The molecule has 1 rings (SSSR count). The molecule has 0 saturated heterocycles. The zero-order chi connectivity index (χ0) is 10.6. The van der Waals surface area contributed by atoms with Gasteiger partial charge in [-0.1, -0.05) is 18.2 Å². The highest BCUT2D eigenvalue weighted by Crippen LogP contribution is 2.09. The van der Waals surface area contributed by atoms with Crippen LogP contribution in [0.15, 0.2) is 24.3 Å². The van der Waals surface area contributed by atoms with Gasteiger partial charge in [-0.15, -0.1) is 0 Å². The van der Waals surface area contributed by atoms with Crippen LogP contribution in [0.2, 0.25) is 0 Å². The Kier molecular flexibility index (Phi) is 3.59. The molecule has 0 aromatic heterocycles. The first-order valence-electron chi connectivity index (χ1n) is 4.39. The summed E-state index contributed by atoms with van der Waals surface area (Å²) in [5.74, 6) is -0.828. The molecule has 0 heterocycles. The number of nitrogens with two attached hydrogens (primary N) is 2. The number of primary amides is 1. The van der Waals surface area contributed by atoms with Gasteiger partial charge in [-0.05, 0) is 24.5 Å². The Balaban J connectivity index is 2.54. The SMILES string of the molecule is NC(=O)C(N)CCc1ccccc1F. The second-order valence-corrected chi connectivity index (χ2v) is 3.14. The first kappa shape index (κ1) is 10.7. The van der Waals surface area contributed by atoms with E-state index in [1.54, 1.807) is 18.2 Å². The molecule has 0 spiro atoms. The molecule has 1 aromatic rings. The van der Waals surface area contributed by atoms with Gasteiger partial charge in [0.1, 0.15) is 5.82 Å². The van der Waals surface area contributed by atoms with Crippen LogP contribution in [0.25, 0.3) is 0 Å². The molecule has 0 aliphatic carbocycles. The highest BCUT2D eigenvalue weighted by Gasteiger charge is 2.10. The van der Waals surface area contributed by atoms with E-state index in [2.05, 4.69) is 0 Å². The summed E-state index contributed by atoms with van der Waals surface area (Å²) in [7, 11) is 0. The third-order valence-corrected chi connectivity index (χ3v) is 2.05. The Bertz CT molecular complexity index is 328. The lowest BCUT2D eigenvalue weighted by Crippen LogP contribution is -2.36. The van der Waals surface area contributed by atoms with Crippen molar-refractivity contribution in [2.24, 2.45) is 11.5 Å². The highest BCUT2D eigenvalue weighted by molar-refractivity contribution is 5.79. The molecule has 0 radical (unpaired) electrons. The average molecular weight is 196 g/mol. The van der Waals surface area contributed by atoms with Crippen molar-refractivity contribution < 1.29 is 9.18 Å². The molecule has 0 saturated carbocycles. The van der Waals surface area contributed by atoms with Crippen LogP contribution in [0.3, 0.4) is 0 Å². The van der Waals surface area contributed by atoms with Gasteiger partial charge in [0, 0.05) is 0 Å². The fourth-order valence-corrected chi connectivity index (χ4v) is 1.15. The van der Waals surface area contributed by atoms with Gasteiger partial charge in [0.2, 0.25) is 5.91 Å². The van der Waals surface area contributed by atoms with Gasteiger partial charge < -0.3 is 11.5 Å². The topological polar surface area (TPSA) is 69.1 Å². The minimum absolute atomic E-state index is 0.274. The van der Waals surface area contributed by atoms with Crippen molar-refractivity contribution in [1.82, 2.24) is 0 Å². The molecule has 4 heteroatoms. The summed E-state index contributed by atoms with van der Waals surface area (Å²) in [6.07, 6.45) is 0.799. The van der Waals surface area contributed by atoms with Gasteiger partial charge in [0.15, 0.2) is 0 Å². The number of hydrogen-bond donors (Lipinski definition) is 2. The molecular formula is C10H13FN2O. The maximum atomic E-state index is 13.1. The van der Waals surface area contributed by atoms with Crippen molar-refractivity contribution in [3.8, 4) is 0 Å². The zero-order valence-electron chi connectivity index (χ0n) is 7.74. The van der Waals surface area contributed by atoms with E-state index in [9.17, 15) is 9.18 Å². The molecular weight excluding hydrogens is 183 g/mol. The van der Waals surface area contributed by atoms with Gasteiger partial charge in [-0.3, -0.25) is 4.79 Å². The van der Waals surface area contributed by atoms with E-state index in [-0.39, 0.29) is 5.82 Å². The van der Waals surface area contributed by atoms with Gasteiger partial charge in [0.25, 0.3) is 0 Å². The quantitative estimate of drug-likeness (QED) is 0.739. The van der Waals surface area contributed by atoms with Crippen LogP contribution in [0.5, 0.6) is 0 Å². The second kappa shape index (κ2) is 4.72. The Morgan fingerprint density at radius 2 is 2.07 bits per heavy atom. The number of amides is 1. The summed E-state index contributed by atoms with van der Waals surface area (Å²) in [6.45, 7) is 0. The van der Waals surface area contributed by atoms with Crippen molar-refractivity contribution in [1.29, 1.82) is 0 Å². The molecule has 0 aliphatic heterocycles. The number of carbonyl (C=O) groups excluding carboxylic acids is 1. The molecule has 3 nitrogen and oxygen atoms in total. The third kappa shape index (κ3) is 2.81. The first-order valence-corrected chi connectivity index (χ1v) is 4.39. The van der Waals surface area contributed by atoms with Gasteiger partial charge in [-0.2, -0.15) is 0 Å².